The second-order valence-electron chi connectivity index (χ2n) is 8.47. The van der Waals surface area contributed by atoms with Crippen molar-refractivity contribution in [2.75, 3.05) is 50.1 Å². The number of halogens is 2. The first-order valence-corrected chi connectivity index (χ1v) is 10.4. The molecule has 0 aromatic carbocycles. The Morgan fingerprint density at radius 2 is 1.83 bits per heavy atom. The number of amides is 1. The molecule has 9 nitrogen and oxygen atoms in total. The zero-order valence-corrected chi connectivity index (χ0v) is 17.5. The molecule has 0 saturated carbocycles. The van der Waals surface area contributed by atoms with Crippen molar-refractivity contribution < 1.29 is 14.3 Å². The van der Waals surface area contributed by atoms with E-state index in [-0.39, 0.29) is 22.8 Å². The van der Waals surface area contributed by atoms with Crippen LogP contribution in [0, 0.1) is 5.82 Å². The number of hydrogen-bond donors (Lipinski definition) is 1. The molecule has 160 valence electrons. The Labute approximate surface area is 178 Å². The number of hydrogen-bond acceptors (Lipinski definition) is 7. The number of pyridine rings is 1. The highest BCUT2D eigenvalue weighted by Gasteiger charge is 2.43. The van der Waals surface area contributed by atoms with E-state index in [1.54, 1.807) is 4.90 Å². The number of likely N-dealkylation sites (N-methyl/N-ethyl adjacent to an activating group) is 1. The van der Waals surface area contributed by atoms with E-state index in [0.717, 1.165) is 25.9 Å². The van der Waals surface area contributed by atoms with Crippen LogP contribution in [0.2, 0.25) is 5.15 Å². The van der Waals surface area contributed by atoms with Crippen molar-refractivity contribution in [2.45, 2.75) is 31.0 Å². The topological polar surface area (TPSA) is 88.9 Å². The Balaban J connectivity index is 1.54. The molecule has 2 bridgehead atoms. The molecule has 1 amide bonds. The van der Waals surface area contributed by atoms with E-state index < -0.39 is 11.9 Å². The molecule has 30 heavy (non-hydrogen) atoms. The van der Waals surface area contributed by atoms with Gasteiger partial charge in [-0.25, -0.2) is 19.2 Å². The summed E-state index contributed by atoms with van der Waals surface area (Å²) in [6.45, 7) is 2.55. The third-order valence-electron chi connectivity index (χ3n) is 6.49. The summed E-state index contributed by atoms with van der Waals surface area (Å²) in [7, 11) is 4.05. The lowest BCUT2D eigenvalue weighted by Crippen LogP contribution is -2.58. The van der Waals surface area contributed by atoms with Gasteiger partial charge in [-0.2, -0.15) is 4.98 Å². The van der Waals surface area contributed by atoms with Gasteiger partial charge in [0.05, 0.1) is 17.5 Å². The van der Waals surface area contributed by atoms with Crippen LogP contribution in [-0.4, -0.2) is 94.4 Å². The third-order valence-corrected chi connectivity index (χ3v) is 6.75. The number of carbonyl (C=O) groups is 1. The van der Waals surface area contributed by atoms with Crippen LogP contribution in [0.5, 0.6) is 0 Å². The monoisotopic (exact) mass is 435 g/mol. The second kappa shape index (κ2) is 7.05. The molecule has 5 heterocycles. The molecule has 5 rings (SSSR count). The fourth-order valence-electron chi connectivity index (χ4n) is 4.72. The van der Waals surface area contributed by atoms with Gasteiger partial charge in [-0.3, -0.25) is 4.90 Å². The van der Waals surface area contributed by atoms with Gasteiger partial charge in [0, 0.05) is 38.4 Å². The van der Waals surface area contributed by atoms with Gasteiger partial charge in [-0.05, 0) is 26.9 Å². The Morgan fingerprint density at radius 1 is 1.17 bits per heavy atom. The van der Waals surface area contributed by atoms with Crippen molar-refractivity contribution in [3.63, 3.8) is 0 Å². The van der Waals surface area contributed by atoms with E-state index in [4.69, 9.17) is 16.6 Å². The van der Waals surface area contributed by atoms with Gasteiger partial charge >= 0.3 is 6.09 Å². The number of anilines is 2. The lowest BCUT2D eigenvalue weighted by molar-refractivity contribution is 0.114. The summed E-state index contributed by atoms with van der Waals surface area (Å²) in [6, 6.07) is 0.206. The molecule has 2 atom stereocenters. The van der Waals surface area contributed by atoms with Crippen molar-refractivity contribution in [3.8, 4) is 0 Å². The third kappa shape index (κ3) is 3.01. The van der Waals surface area contributed by atoms with Crippen molar-refractivity contribution in [1.82, 2.24) is 24.8 Å². The van der Waals surface area contributed by atoms with Crippen LogP contribution < -0.4 is 9.80 Å². The van der Waals surface area contributed by atoms with Gasteiger partial charge < -0.3 is 19.8 Å². The first-order chi connectivity index (χ1) is 14.3. The molecule has 2 aromatic heterocycles. The van der Waals surface area contributed by atoms with Gasteiger partial charge in [0.1, 0.15) is 11.3 Å². The van der Waals surface area contributed by atoms with Crippen molar-refractivity contribution in [3.05, 3.63) is 17.2 Å². The van der Waals surface area contributed by atoms with Crippen LogP contribution in [0.4, 0.5) is 21.0 Å². The van der Waals surface area contributed by atoms with Crippen molar-refractivity contribution in [2.24, 2.45) is 0 Å². The van der Waals surface area contributed by atoms with Crippen molar-refractivity contribution >= 4 is 40.4 Å². The predicted octanol–water partition coefficient (Wildman–Crippen LogP) is 1.90. The van der Waals surface area contributed by atoms with Gasteiger partial charge in [-0.1, -0.05) is 11.6 Å². The molecular weight excluding hydrogens is 413 g/mol. The molecule has 3 fully saturated rings. The summed E-state index contributed by atoms with van der Waals surface area (Å²) in [5, 5.41) is 9.81. The second-order valence-corrected chi connectivity index (χ2v) is 8.83. The van der Waals surface area contributed by atoms with E-state index in [1.165, 1.54) is 6.20 Å². The van der Waals surface area contributed by atoms with Gasteiger partial charge in [0.15, 0.2) is 11.0 Å². The molecule has 0 unspecified atom stereocenters. The Bertz CT molecular complexity index is 1000. The number of aromatic nitrogens is 3. The van der Waals surface area contributed by atoms with Crippen LogP contribution >= 0.6 is 11.6 Å². The standard InChI is InChI=1S/C19H23ClFN7O2/c1-25(2)12-8-27(9-12)18-23-15-13(5-22-16(20)14(15)21)17(24-18)26-6-10-3-4-11(7-26)28(10)19(29)30/h5,10-12H,3-4,6-9H2,1-2H3,(H,29,30)/t10-,11+. The minimum Gasteiger partial charge on any atom is -0.465 e. The summed E-state index contributed by atoms with van der Waals surface area (Å²) in [4.78, 5) is 32.6. The summed E-state index contributed by atoms with van der Waals surface area (Å²) >= 11 is 5.93. The van der Waals surface area contributed by atoms with Gasteiger partial charge in [0.2, 0.25) is 5.95 Å². The lowest BCUT2D eigenvalue weighted by Gasteiger charge is -2.43. The molecule has 0 aliphatic carbocycles. The van der Waals surface area contributed by atoms with E-state index in [9.17, 15) is 14.3 Å². The van der Waals surface area contributed by atoms with E-state index in [1.807, 2.05) is 23.9 Å². The van der Waals surface area contributed by atoms with E-state index in [0.29, 0.717) is 36.3 Å². The minimum atomic E-state index is -0.884. The molecule has 11 heteroatoms. The predicted molar refractivity (Wildman–Crippen MR) is 111 cm³/mol. The average molecular weight is 436 g/mol. The largest absolute Gasteiger partial charge is 0.465 e. The maximum atomic E-state index is 14.8. The van der Waals surface area contributed by atoms with Crippen molar-refractivity contribution in [1.29, 1.82) is 0 Å². The molecular formula is C19H23ClFN7O2. The van der Waals surface area contributed by atoms with Crippen LogP contribution in [0.25, 0.3) is 10.9 Å². The van der Waals surface area contributed by atoms with Crippen LogP contribution in [-0.2, 0) is 0 Å². The first kappa shape index (κ1) is 19.5. The maximum absolute atomic E-state index is 14.8. The molecule has 3 saturated heterocycles. The Morgan fingerprint density at radius 3 is 2.43 bits per heavy atom. The Hall–Kier alpha value is -2.46. The fraction of sp³-hybridized carbons (Fsp3) is 0.579. The van der Waals surface area contributed by atoms with Crippen LogP contribution in [0.15, 0.2) is 6.20 Å². The zero-order chi connectivity index (χ0) is 21.2. The number of piperazine rings is 1. The summed E-state index contributed by atoms with van der Waals surface area (Å²) < 4.78 is 14.8. The zero-order valence-electron chi connectivity index (χ0n) is 16.8. The summed E-state index contributed by atoms with van der Waals surface area (Å²) in [5.41, 5.74) is 0.149. The van der Waals surface area contributed by atoms with Gasteiger partial charge in [0.25, 0.3) is 0 Å². The first-order valence-electron chi connectivity index (χ1n) is 10.0. The average Bonchev–Trinajstić information content (AvgIpc) is 2.93. The molecule has 0 radical (unpaired) electrons. The summed E-state index contributed by atoms with van der Waals surface area (Å²) in [5.74, 6) is 0.397. The number of nitrogens with zero attached hydrogens (tertiary/aromatic N) is 7. The Kier molecular flexibility index (Phi) is 4.59. The maximum Gasteiger partial charge on any atom is 0.407 e. The molecule has 3 aliphatic rings. The molecule has 3 aliphatic heterocycles. The lowest BCUT2D eigenvalue weighted by atomic mass is 10.1. The summed E-state index contributed by atoms with van der Waals surface area (Å²) in [6.07, 6.45) is 2.26. The quantitative estimate of drug-likeness (QED) is 0.731. The molecule has 1 N–H and O–H groups in total. The fourth-order valence-corrected chi connectivity index (χ4v) is 4.86. The highest BCUT2D eigenvalue weighted by atomic mass is 35.5. The van der Waals surface area contributed by atoms with E-state index >= 15 is 0 Å². The van der Waals surface area contributed by atoms with E-state index in [2.05, 4.69) is 14.9 Å². The van der Waals surface area contributed by atoms with Gasteiger partial charge in [-0.15, -0.1) is 0 Å². The van der Waals surface area contributed by atoms with Crippen LogP contribution in [0.3, 0.4) is 0 Å². The smallest absolute Gasteiger partial charge is 0.407 e. The number of rotatable bonds is 3. The number of carboxylic acid groups (broad SMARTS) is 1. The molecule has 2 aromatic rings. The normalized spacial score (nSPS) is 24.1. The van der Waals surface area contributed by atoms with Crippen LogP contribution in [0.1, 0.15) is 12.8 Å². The highest BCUT2D eigenvalue weighted by molar-refractivity contribution is 6.30. The highest BCUT2D eigenvalue weighted by Crippen LogP contribution is 2.36. The minimum absolute atomic E-state index is 0.0954. The molecule has 0 spiro atoms. The number of fused-ring (bicyclic) bond motifs is 3. The SMILES string of the molecule is CN(C)C1CN(c2nc(N3C[C@H]4CC[C@@H](C3)N4C(=O)O)c3cnc(Cl)c(F)c3n2)C1.